The normalized spacial score (nSPS) is 13.8. The predicted octanol–water partition coefficient (Wildman–Crippen LogP) is 8.34. The maximum absolute atomic E-state index is 6.04. The molecule has 0 N–H and O–H groups in total. The predicted molar refractivity (Wildman–Crippen MR) is 123 cm³/mol. The average molecular weight is 399 g/mol. The summed E-state index contributed by atoms with van der Waals surface area (Å²) in [5.74, 6) is 0.547. The van der Waals surface area contributed by atoms with Crippen LogP contribution in [0.3, 0.4) is 0 Å². The zero-order valence-electron chi connectivity index (χ0n) is 19.2. The van der Waals surface area contributed by atoms with Crippen molar-refractivity contribution in [2.45, 2.75) is 124 Å². The van der Waals surface area contributed by atoms with E-state index in [0.717, 1.165) is 19.6 Å². The fourth-order valence-corrected chi connectivity index (χ4v) is 4.77. The van der Waals surface area contributed by atoms with Crippen molar-refractivity contribution in [3.63, 3.8) is 0 Å². The number of hydrogen-bond acceptors (Lipinski definition) is 2. The first-order valence-corrected chi connectivity index (χ1v) is 14.3. The van der Waals surface area contributed by atoms with Crippen LogP contribution in [0.1, 0.15) is 117 Å². The Morgan fingerprint density at radius 3 is 1.48 bits per heavy atom. The summed E-state index contributed by atoms with van der Waals surface area (Å²) in [5.41, 5.74) is 1.92. The third kappa shape index (κ3) is 19.0. The van der Waals surface area contributed by atoms with Gasteiger partial charge in [-0.2, -0.15) is 0 Å². The van der Waals surface area contributed by atoms with Gasteiger partial charge in [0.05, 0.1) is 0 Å². The van der Waals surface area contributed by atoms with Crippen molar-refractivity contribution >= 4 is 8.56 Å². The van der Waals surface area contributed by atoms with Gasteiger partial charge >= 0.3 is 8.56 Å². The van der Waals surface area contributed by atoms with Gasteiger partial charge in [-0.15, -0.1) is 6.58 Å². The minimum Gasteiger partial charge on any atom is -0.391 e. The van der Waals surface area contributed by atoms with Crippen LogP contribution in [0.15, 0.2) is 12.3 Å². The van der Waals surface area contributed by atoms with Crippen molar-refractivity contribution in [3.05, 3.63) is 12.3 Å². The standard InChI is InChI=1S/C24H50O2Si/c1-6-8-9-10-11-12-13-14-15-16-17-18-19-20-21-22-25-27(5,7-2)26-23-24(3)4/h7,24H,2,6,8-23H2,1,3-5H3. The summed E-state index contributed by atoms with van der Waals surface area (Å²) in [6.45, 7) is 14.3. The Bertz CT molecular complexity index is 320. The molecule has 0 aromatic rings. The van der Waals surface area contributed by atoms with E-state index in [0.29, 0.717) is 5.92 Å². The number of hydrogen-bond donors (Lipinski definition) is 0. The van der Waals surface area contributed by atoms with Crippen molar-refractivity contribution in [2.75, 3.05) is 13.2 Å². The van der Waals surface area contributed by atoms with Crippen LogP contribution in [0.2, 0.25) is 6.55 Å². The highest BCUT2D eigenvalue weighted by Crippen LogP contribution is 2.15. The van der Waals surface area contributed by atoms with Crippen LogP contribution >= 0.6 is 0 Å². The summed E-state index contributed by atoms with van der Waals surface area (Å²) in [4.78, 5) is 0. The van der Waals surface area contributed by atoms with Crippen molar-refractivity contribution < 1.29 is 8.85 Å². The maximum atomic E-state index is 6.04. The van der Waals surface area contributed by atoms with Gasteiger partial charge in [0.15, 0.2) is 0 Å². The van der Waals surface area contributed by atoms with Gasteiger partial charge in [0.2, 0.25) is 0 Å². The molecule has 0 aromatic heterocycles. The first-order chi connectivity index (χ1) is 13.0. The van der Waals surface area contributed by atoms with Crippen molar-refractivity contribution in [3.8, 4) is 0 Å². The molecule has 1 unspecified atom stereocenters. The Hall–Kier alpha value is -0.123. The first-order valence-electron chi connectivity index (χ1n) is 12.0. The Labute approximate surface area is 172 Å². The molecule has 0 rings (SSSR count). The second-order valence-corrected chi connectivity index (χ2v) is 11.7. The minimum absolute atomic E-state index is 0.547. The summed E-state index contributed by atoms with van der Waals surface area (Å²) in [6.07, 6.45) is 20.9. The molecule has 0 aromatic carbocycles. The van der Waals surface area contributed by atoms with E-state index in [1.165, 1.54) is 89.9 Å². The van der Waals surface area contributed by atoms with Crippen LogP contribution < -0.4 is 0 Å². The second kappa shape index (κ2) is 19.2. The lowest BCUT2D eigenvalue weighted by Gasteiger charge is -2.24. The van der Waals surface area contributed by atoms with Gasteiger partial charge in [-0.25, -0.2) is 0 Å². The third-order valence-electron chi connectivity index (χ3n) is 5.21. The molecule has 162 valence electrons. The molecule has 0 bridgehead atoms. The van der Waals surface area contributed by atoms with Gasteiger partial charge in [0, 0.05) is 13.2 Å². The molecular formula is C24H50O2Si. The molecule has 0 heterocycles. The van der Waals surface area contributed by atoms with Crippen molar-refractivity contribution in [2.24, 2.45) is 5.92 Å². The smallest absolute Gasteiger partial charge is 0.361 e. The highest BCUT2D eigenvalue weighted by molar-refractivity contribution is 6.71. The van der Waals surface area contributed by atoms with E-state index in [4.69, 9.17) is 8.85 Å². The Kier molecular flexibility index (Phi) is 19.1. The van der Waals surface area contributed by atoms with E-state index in [9.17, 15) is 0 Å². The SMILES string of the molecule is C=C[Si](C)(OCCCCCCCCCCCCCCCCC)OCC(C)C. The quantitative estimate of drug-likeness (QED) is 0.143. The van der Waals surface area contributed by atoms with Gasteiger partial charge in [-0.1, -0.05) is 111 Å². The average Bonchev–Trinajstić information content (AvgIpc) is 2.66. The lowest BCUT2D eigenvalue weighted by molar-refractivity contribution is 0.164. The lowest BCUT2D eigenvalue weighted by atomic mass is 10.0. The highest BCUT2D eigenvalue weighted by atomic mass is 28.4. The van der Waals surface area contributed by atoms with Crippen LogP contribution in [0.4, 0.5) is 0 Å². The fraction of sp³-hybridized carbons (Fsp3) is 0.917. The lowest BCUT2D eigenvalue weighted by Crippen LogP contribution is -2.38. The van der Waals surface area contributed by atoms with E-state index in [2.05, 4.69) is 33.9 Å². The molecule has 27 heavy (non-hydrogen) atoms. The van der Waals surface area contributed by atoms with Crippen LogP contribution in [-0.2, 0) is 8.85 Å². The van der Waals surface area contributed by atoms with E-state index < -0.39 is 8.56 Å². The van der Waals surface area contributed by atoms with E-state index >= 15 is 0 Å². The van der Waals surface area contributed by atoms with Crippen LogP contribution in [0.25, 0.3) is 0 Å². The van der Waals surface area contributed by atoms with Crippen LogP contribution in [0, 0.1) is 5.92 Å². The van der Waals surface area contributed by atoms with Gasteiger partial charge < -0.3 is 8.85 Å². The van der Waals surface area contributed by atoms with E-state index in [1.807, 2.05) is 5.70 Å². The zero-order valence-corrected chi connectivity index (χ0v) is 20.2. The summed E-state index contributed by atoms with van der Waals surface area (Å²) in [6, 6.07) is 0. The molecule has 0 spiro atoms. The maximum Gasteiger partial charge on any atom is 0.361 e. The largest absolute Gasteiger partial charge is 0.391 e. The molecule has 0 fully saturated rings. The molecule has 0 saturated heterocycles. The molecule has 0 amide bonds. The topological polar surface area (TPSA) is 18.5 Å². The molecule has 3 heteroatoms. The second-order valence-electron chi connectivity index (χ2n) is 8.72. The third-order valence-corrected chi connectivity index (χ3v) is 7.47. The van der Waals surface area contributed by atoms with Gasteiger partial charge in [-0.3, -0.25) is 0 Å². The summed E-state index contributed by atoms with van der Waals surface area (Å²) >= 11 is 0. The number of unbranched alkanes of at least 4 members (excludes halogenated alkanes) is 14. The number of rotatable bonds is 21. The van der Waals surface area contributed by atoms with Gasteiger partial charge in [0.1, 0.15) is 0 Å². The fourth-order valence-electron chi connectivity index (χ4n) is 3.24. The zero-order chi connectivity index (χ0) is 20.2. The molecule has 2 nitrogen and oxygen atoms in total. The van der Waals surface area contributed by atoms with E-state index in [1.54, 1.807) is 0 Å². The Morgan fingerprint density at radius 1 is 0.704 bits per heavy atom. The molecule has 0 saturated carbocycles. The summed E-state index contributed by atoms with van der Waals surface area (Å²) < 4.78 is 12.0. The van der Waals surface area contributed by atoms with Gasteiger partial charge in [0.25, 0.3) is 0 Å². The Morgan fingerprint density at radius 2 is 1.11 bits per heavy atom. The molecule has 0 radical (unpaired) electrons. The molecular weight excluding hydrogens is 348 g/mol. The van der Waals surface area contributed by atoms with Gasteiger partial charge in [-0.05, 0) is 24.6 Å². The van der Waals surface area contributed by atoms with E-state index in [-0.39, 0.29) is 0 Å². The van der Waals surface area contributed by atoms with Crippen molar-refractivity contribution in [1.82, 2.24) is 0 Å². The molecule has 0 aliphatic heterocycles. The summed E-state index contributed by atoms with van der Waals surface area (Å²) in [5, 5.41) is 0. The highest BCUT2D eigenvalue weighted by Gasteiger charge is 2.27. The molecule has 0 aliphatic carbocycles. The monoisotopic (exact) mass is 398 g/mol. The summed E-state index contributed by atoms with van der Waals surface area (Å²) in [7, 11) is -2.13. The molecule has 0 aliphatic rings. The van der Waals surface area contributed by atoms with Crippen LogP contribution in [0.5, 0.6) is 0 Å². The minimum atomic E-state index is -2.13. The van der Waals surface area contributed by atoms with Crippen molar-refractivity contribution in [1.29, 1.82) is 0 Å². The first kappa shape index (κ1) is 26.9. The molecule has 1 atom stereocenters. The van der Waals surface area contributed by atoms with Crippen LogP contribution in [-0.4, -0.2) is 21.8 Å². The Balaban J connectivity index is 3.31.